The van der Waals surface area contributed by atoms with Crippen LogP contribution in [0.4, 0.5) is 11.4 Å². The highest BCUT2D eigenvalue weighted by Gasteiger charge is 2.28. The van der Waals surface area contributed by atoms with Crippen molar-refractivity contribution in [2.75, 3.05) is 89.8 Å². The van der Waals surface area contributed by atoms with Gasteiger partial charge in [0.1, 0.15) is 18.4 Å². The summed E-state index contributed by atoms with van der Waals surface area (Å²) in [6.07, 6.45) is 7.58. The van der Waals surface area contributed by atoms with Crippen LogP contribution in [-0.4, -0.2) is 136 Å². The van der Waals surface area contributed by atoms with Crippen molar-refractivity contribution in [1.29, 1.82) is 0 Å². The minimum atomic E-state index is -3.46. The summed E-state index contributed by atoms with van der Waals surface area (Å²) in [6.45, 7) is 7.00. The van der Waals surface area contributed by atoms with E-state index >= 15 is 0 Å². The number of anilines is 2. The molecule has 0 aliphatic carbocycles. The molecule has 0 bridgehead atoms. The normalized spacial score (nSPS) is 14.6. The molecular formula is C59H83N8O13PS2. The molecule has 2 aliphatic rings. The number of nitrogens with two attached hydrogens (primary N) is 2. The zero-order valence-electron chi connectivity index (χ0n) is 48.0. The average Bonchev–Trinajstić information content (AvgIpc) is 3.98. The number of thiophene rings is 1. The van der Waals surface area contributed by atoms with E-state index in [4.69, 9.17) is 45.4 Å². The molecule has 2 aliphatic heterocycles. The van der Waals surface area contributed by atoms with Crippen molar-refractivity contribution in [3.63, 3.8) is 0 Å². The Labute approximate surface area is 496 Å². The van der Waals surface area contributed by atoms with Gasteiger partial charge < -0.3 is 75.3 Å². The second-order valence-corrected chi connectivity index (χ2v) is 22.2. The molecule has 3 heterocycles. The number of para-hydroxylation sites is 1. The molecule has 1 aromatic heterocycles. The van der Waals surface area contributed by atoms with Gasteiger partial charge in [-0.1, -0.05) is 94.3 Å². The number of hydrogen-bond acceptors (Lipinski definition) is 16. The van der Waals surface area contributed by atoms with E-state index in [1.165, 1.54) is 11.3 Å². The molecule has 1 saturated heterocycles. The van der Waals surface area contributed by atoms with E-state index in [-0.39, 0.29) is 43.1 Å². The maximum atomic E-state index is 13.6. The predicted molar refractivity (Wildman–Crippen MR) is 330 cm³/mol. The Bertz CT molecular complexity index is 2860. The van der Waals surface area contributed by atoms with Gasteiger partial charge in [-0.3, -0.25) is 24.0 Å². The molecule has 83 heavy (non-hydrogen) atoms. The van der Waals surface area contributed by atoms with Crippen molar-refractivity contribution < 1.29 is 62.3 Å². The first-order valence-electron chi connectivity index (χ1n) is 28.0. The van der Waals surface area contributed by atoms with Crippen LogP contribution in [0.15, 0.2) is 97.1 Å². The zero-order chi connectivity index (χ0) is 60.4. The number of rotatable bonds is 29. The molecule has 11 N–H and O–H groups in total. The lowest BCUT2D eigenvalue weighted by molar-refractivity contribution is -0.122. The zero-order valence-corrected chi connectivity index (χ0v) is 50.5. The summed E-state index contributed by atoms with van der Waals surface area (Å²) in [4.78, 5) is 82.5. The standard InChI is InChI=1S/C49H57N7O8S.C7H16NO4PS.C2H6.CH4O/c1-2-11-44(57)55-32-34-13-3-5-14-36(34)46(45(50)37-15-6-7-17-41(37)55)56(51)22-23-61-24-25-62-26-27-63-28-29-64-35-19-20-39(53-49(60)43-30-33-12-4-8-18-42(33)65-43)38(31-35)47(58)54-40-16-9-10-21-52-48(40)59;9-7-8-5-3-1-2-4-6-12-13(10,11)14;2*1-2/h3-8,12-15,17-20,30-31,40H,2,9-11,16,21-29,32,50-51H2,1H3,(H,52,59)(H,53,60)(H,54,58);7H,1-6H2,(H,8,9)(H2,10,11,14);1-2H3;2H,1H3/b46-45-;;;. The maximum Gasteiger partial charge on any atom is 0.321 e. The van der Waals surface area contributed by atoms with Crippen LogP contribution in [0.3, 0.4) is 0 Å². The van der Waals surface area contributed by atoms with Gasteiger partial charge in [0.05, 0.1) is 92.5 Å². The molecule has 0 saturated carbocycles. The van der Waals surface area contributed by atoms with Crippen LogP contribution in [0.1, 0.15) is 115 Å². The third-order valence-electron chi connectivity index (χ3n) is 12.6. The summed E-state index contributed by atoms with van der Waals surface area (Å²) < 4.78 is 28.8. The van der Waals surface area contributed by atoms with E-state index in [0.717, 1.165) is 84.5 Å². The van der Waals surface area contributed by atoms with Crippen molar-refractivity contribution in [2.24, 2.45) is 11.6 Å². The maximum absolute atomic E-state index is 13.6. The highest BCUT2D eigenvalue weighted by atomic mass is 32.5. The Morgan fingerprint density at radius 2 is 1.49 bits per heavy atom. The Kier molecular flexibility index (Phi) is 32.1. The molecule has 454 valence electrons. The van der Waals surface area contributed by atoms with E-state index in [0.29, 0.717) is 106 Å². The lowest BCUT2D eigenvalue weighted by atomic mass is 9.95. The number of aliphatic hydroxyl groups is 1. The predicted octanol–water partition coefficient (Wildman–Crippen LogP) is 7.44. The van der Waals surface area contributed by atoms with Crippen molar-refractivity contribution in [2.45, 2.75) is 91.1 Å². The van der Waals surface area contributed by atoms with E-state index in [1.54, 1.807) is 23.2 Å². The van der Waals surface area contributed by atoms with Crippen LogP contribution in [0.25, 0.3) is 21.5 Å². The Hall–Kier alpha value is -6.34. The molecule has 1 fully saturated rings. The van der Waals surface area contributed by atoms with Crippen molar-refractivity contribution in [3.8, 4) is 5.75 Å². The van der Waals surface area contributed by atoms with Gasteiger partial charge in [0.15, 0.2) is 0 Å². The number of fused-ring (bicyclic) bond motifs is 3. The molecule has 21 nitrogen and oxygen atoms in total. The van der Waals surface area contributed by atoms with Crippen LogP contribution < -0.4 is 42.5 Å². The largest absolute Gasteiger partial charge is 0.491 e. The number of nitrogens with one attached hydrogen (secondary N) is 4. The molecule has 1 atom stereocenters. The van der Waals surface area contributed by atoms with Gasteiger partial charge in [0.2, 0.25) is 18.2 Å². The number of benzene rings is 4. The first-order chi connectivity index (χ1) is 40.3. The van der Waals surface area contributed by atoms with Crippen LogP contribution in [-0.2, 0) is 51.5 Å². The molecule has 7 rings (SSSR count). The van der Waals surface area contributed by atoms with Gasteiger partial charge in [-0.05, 0) is 97.7 Å². The lowest BCUT2D eigenvalue weighted by Crippen LogP contribution is -2.45. The van der Waals surface area contributed by atoms with Gasteiger partial charge >= 0.3 is 6.72 Å². The van der Waals surface area contributed by atoms with E-state index in [1.807, 2.05) is 105 Å². The van der Waals surface area contributed by atoms with Crippen LogP contribution in [0.2, 0.25) is 0 Å². The SMILES string of the molecule is CC.CCCC(=O)N1Cc2ccccc2/C(N(N)CCOCCOCCOCCOc2ccc(NC(=O)c3cc4ccccc4s3)c(C(=O)NC3CCCCNC3=O)c2)=C(/N)c2ccccc21.CO.O=CNCCCCCCOP(O)(O)=S. The number of nitrogens with zero attached hydrogens (tertiary/aromatic N) is 2. The summed E-state index contributed by atoms with van der Waals surface area (Å²) in [5, 5.41) is 20.7. The van der Waals surface area contributed by atoms with Crippen molar-refractivity contribution >= 4 is 92.8 Å². The van der Waals surface area contributed by atoms with Crippen molar-refractivity contribution in [1.82, 2.24) is 21.0 Å². The third kappa shape index (κ3) is 23.3. The summed E-state index contributed by atoms with van der Waals surface area (Å²) >= 11 is 5.64. The fourth-order valence-corrected chi connectivity index (χ4v) is 10.2. The second kappa shape index (κ2) is 38.5. The fourth-order valence-electron chi connectivity index (χ4n) is 8.70. The number of ether oxygens (including phenoxy) is 4. The topological polar surface area (TPSA) is 299 Å². The Morgan fingerprint density at radius 3 is 2.20 bits per heavy atom. The highest BCUT2D eigenvalue weighted by molar-refractivity contribution is 8.06. The number of aliphatic hydroxyl groups excluding tert-OH is 1. The van der Waals surface area contributed by atoms with E-state index < -0.39 is 18.7 Å². The number of hydrogen-bond donors (Lipinski definition) is 9. The number of amides is 5. The van der Waals surface area contributed by atoms with E-state index in [2.05, 4.69) is 37.6 Å². The number of carbonyl (C=O) groups excluding carboxylic acids is 5. The molecular weight excluding hydrogens is 1120 g/mol. The highest BCUT2D eigenvalue weighted by Crippen LogP contribution is 2.38. The molecule has 24 heteroatoms. The van der Waals surface area contributed by atoms with Crippen molar-refractivity contribution in [3.05, 3.63) is 124 Å². The van der Waals surface area contributed by atoms with Crippen LogP contribution in [0, 0.1) is 0 Å². The molecule has 0 spiro atoms. The number of unbranched alkanes of at least 4 members (excludes halogenated alkanes) is 3. The van der Waals surface area contributed by atoms with Gasteiger partial charge in [-0.25, -0.2) is 5.84 Å². The summed E-state index contributed by atoms with van der Waals surface area (Å²) in [6, 6.07) is 29.2. The molecule has 1 unspecified atom stereocenters. The first kappa shape index (κ1) is 69.2. The molecule has 4 aromatic carbocycles. The number of hydrazine groups is 1. The molecule has 0 radical (unpaired) electrons. The summed E-state index contributed by atoms with van der Waals surface area (Å²) in [7, 11) is 1.00. The average molecular weight is 1210 g/mol. The first-order valence-corrected chi connectivity index (χ1v) is 31.4. The van der Waals surface area contributed by atoms with Gasteiger partial charge in [-0.2, -0.15) is 0 Å². The second-order valence-electron chi connectivity index (χ2n) is 18.5. The summed E-state index contributed by atoms with van der Waals surface area (Å²) in [5.74, 6) is 6.06. The Balaban J connectivity index is 0.000000715. The molecule has 5 aromatic rings. The summed E-state index contributed by atoms with van der Waals surface area (Å²) in [5.41, 5.74) is 11.8. The lowest BCUT2D eigenvalue weighted by Gasteiger charge is -2.33. The molecule has 5 amide bonds. The quantitative estimate of drug-likeness (QED) is 0.00739. The Morgan fingerprint density at radius 1 is 0.831 bits per heavy atom. The fraction of sp³-hybridized carbons (Fsp3) is 0.441. The van der Waals surface area contributed by atoms with Crippen LogP contribution in [0.5, 0.6) is 5.75 Å². The van der Waals surface area contributed by atoms with Gasteiger partial charge in [0, 0.05) is 42.4 Å². The van der Waals surface area contributed by atoms with Gasteiger partial charge in [-0.15, -0.1) is 11.3 Å². The third-order valence-corrected chi connectivity index (χ3v) is 14.6. The van der Waals surface area contributed by atoms with Crippen LogP contribution >= 0.6 is 18.1 Å². The van der Waals surface area contributed by atoms with Gasteiger partial charge in [0.25, 0.3) is 11.8 Å². The monoisotopic (exact) mass is 1210 g/mol. The number of carbonyl (C=O) groups is 5. The minimum absolute atomic E-state index is 0.0414. The smallest absolute Gasteiger partial charge is 0.321 e. The minimum Gasteiger partial charge on any atom is -0.491 e. The van der Waals surface area contributed by atoms with E-state index in [9.17, 15) is 24.0 Å².